The highest BCUT2D eigenvalue weighted by Crippen LogP contribution is 1.99. The Balaban J connectivity index is 2.26. The van der Waals surface area contributed by atoms with E-state index in [9.17, 15) is 0 Å². The quantitative estimate of drug-likeness (QED) is 0.685. The van der Waals surface area contributed by atoms with Gasteiger partial charge in [0.25, 0.3) is 0 Å². The lowest BCUT2D eigenvalue weighted by molar-refractivity contribution is 0.799. The number of hydrogen-bond donors (Lipinski definition) is 0. The number of rotatable bonds is 2. The number of pyridine rings is 1. The van der Waals surface area contributed by atoms with Crippen molar-refractivity contribution in [1.29, 1.82) is 0 Å². The van der Waals surface area contributed by atoms with Crippen molar-refractivity contribution in [3.05, 3.63) is 41.7 Å². The molecule has 0 aliphatic carbocycles. The van der Waals surface area contributed by atoms with Crippen LogP contribution in [0.2, 0.25) is 0 Å². The largest absolute Gasteiger partial charge is 0.265 e. The Kier molecular flexibility index (Phi) is 2.53. The molecular formula is C10H11N5. The first-order chi connectivity index (χ1) is 7.27. The van der Waals surface area contributed by atoms with Gasteiger partial charge in [0.2, 0.25) is 0 Å². The molecule has 0 aromatic carbocycles. The third-order valence-corrected chi connectivity index (χ3v) is 1.98. The van der Waals surface area contributed by atoms with Gasteiger partial charge in [0.1, 0.15) is 0 Å². The van der Waals surface area contributed by atoms with Crippen LogP contribution in [0.1, 0.15) is 17.2 Å². The molecule has 0 saturated heterocycles. The maximum absolute atomic E-state index is 4.27. The lowest BCUT2D eigenvalue weighted by Gasteiger charge is -1.96. The minimum Gasteiger partial charge on any atom is -0.265 e. The van der Waals surface area contributed by atoms with Crippen LogP contribution < -0.4 is 0 Å². The van der Waals surface area contributed by atoms with Gasteiger partial charge in [0.15, 0.2) is 11.6 Å². The van der Waals surface area contributed by atoms with Crippen molar-refractivity contribution in [1.82, 2.24) is 19.9 Å². The highest BCUT2D eigenvalue weighted by molar-refractivity contribution is 5.79. The zero-order chi connectivity index (χ0) is 10.7. The molecule has 2 heterocycles. The van der Waals surface area contributed by atoms with Crippen LogP contribution in [0, 0.1) is 13.8 Å². The summed E-state index contributed by atoms with van der Waals surface area (Å²) < 4.78 is 1.69. The molecule has 5 nitrogen and oxygen atoms in total. The second-order valence-corrected chi connectivity index (χ2v) is 3.13. The highest BCUT2D eigenvalue weighted by Gasteiger charge is 2.00. The fourth-order valence-electron chi connectivity index (χ4n) is 1.20. The van der Waals surface area contributed by atoms with Crippen LogP contribution in [0.5, 0.6) is 0 Å². The second kappa shape index (κ2) is 4.00. The summed E-state index contributed by atoms with van der Waals surface area (Å²) in [5.74, 6) is 1.55. The van der Waals surface area contributed by atoms with Crippen molar-refractivity contribution >= 4 is 6.21 Å². The fourth-order valence-corrected chi connectivity index (χ4v) is 1.20. The van der Waals surface area contributed by atoms with Gasteiger partial charge in [-0.1, -0.05) is 0 Å². The first-order valence-electron chi connectivity index (χ1n) is 4.60. The van der Waals surface area contributed by atoms with Crippen molar-refractivity contribution < 1.29 is 0 Å². The SMILES string of the molecule is Cc1nnc(C)n1/N=C/c1ccncc1. The van der Waals surface area contributed by atoms with Crippen LogP contribution in [-0.2, 0) is 0 Å². The summed E-state index contributed by atoms with van der Waals surface area (Å²) in [6.07, 6.45) is 5.21. The Morgan fingerprint density at radius 1 is 1.13 bits per heavy atom. The van der Waals surface area contributed by atoms with Crippen LogP contribution in [0.15, 0.2) is 29.6 Å². The minimum atomic E-state index is 0.776. The summed E-state index contributed by atoms with van der Waals surface area (Å²) in [4.78, 5) is 3.93. The van der Waals surface area contributed by atoms with E-state index in [-0.39, 0.29) is 0 Å². The summed E-state index contributed by atoms with van der Waals surface area (Å²) in [5, 5.41) is 12.1. The van der Waals surface area contributed by atoms with E-state index in [1.54, 1.807) is 23.3 Å². The first-order valence-corrected chi connectivity index (χ1v) is 4.60. The normalized spacial score (nSPS) is 11.1. The third-order valence-electron chi connectivity index (χ3n) is 1.98. The highest BCUT2D eigenvalue weighted by atomic mass is 15.4. The number of nitrogens with zero attached hydrogens (tertiary/aromatic N) is 5. The lowest BCUT2D eigenvalue weighted by atomic mass is 10.3. The molecule has 0 unspecified atom stereocenters. The Morgan fingerprint density at radius 2 is 1.73 bits per heavy atom. The predicted octanol–water partition coefficient (Wildman–Crippen LogP) is 1.17. The molecule has 0 aliphatic heterocycles. The average molecular weight is 201 g/mol. The summed E-state index contributed by atoms with van der Waals surface area (Å²) in [5.41, 5.74) is 0.998. The molecule has 0 radical (unpaired) electrons. The van der Waals surface area contributed by atoms with Gasteiger partial charge in [-0.25, -0.2) is 4.68 Å². The molecular weight excluding hydrogens is 190 g/mol. The monoisotopic (exact) mass is 201 g/mol. The zero-order valence-corrected chi connectivity index (χ0v) is 8.62. The zero-order valence-electron chi connectivity index (χ0n) is 8.62. The summed E-state index contributed by atoms with van der Waals surface area (Å²) >= 11 is 0. The van der Waals surface area contributed by atoms with Crippen molar-refractivity contribution in [3.8, 4) is 0 Å². The van der Waals surface area contributed by atoms with Gasteiger partial charge < -0.3 is 0 Å². The van der Waals surface area contributed by atoms with Gasteiger partial charge in [-0.2, -0.15) is 5.10 Å². The summed E-state index contributed by atoms with van der Waals surface area (Å²) in [6, 6.07) is 3.77. The van der Waals surface area contributed by atoms with Crippen LogP contribution in [-0.4, -0.2) is 26.1 Å². The molecule has 2 aromatic heterocycles. The molecule has 76 valence electrons. The standard InChI is InChI=1S/C10H11N5/c1-8-13-14-9(2)15(8)12-7-10-3-5-11-6-4-10/h3-7H,1-2H3/b12-7+. The number of aryl methyl sites for hydroxylation is 2. The molecule has 0 spiro atoms. The molecule has 0 amide bonds. The molecule has 2 aromatic rings. The molecule has 0 bridgehead atoms. The van der Waals surface area contributed by atoms with E-state index in [4.69, 9.17) is 0 Å². The maximum Gasteiger partial charge on any atom is 0.151 e. The molecule has 5 heteroatoms. The Bertz CT molecular complexity index is 452. The van der Waals surface area contributed by atoms with Crippen LogP contribution in [0.4, 0.5) is 0 Å². The number of aromatic nitrogens is 4. The topological polar surface area (TPSA) is 56.0 Å². The third kappa shape index (κ3) is 2.07. The van der Waals surface area contributed by atoms with Crippen LogP contribution in [0.3, 0.4) is 0 Å². The molecule has 0 N–H and O–H groups in total. The van der Waals surface area contributed by atoms with E-state index in [2.05, 4.69) is 20.3 Å². The fraction of sp³-hybridized carbons (Fsp3) is 0.200. The maximum atomic E-state index is 4.27. The first kappa shape index (κ1) is 9.51. The van der Waals surface area contributed by atoms with E-state index >= 15 is 0 Å². The van der Waals surface area contributed by atoms with Gasteiger partial charge in [-0.05, 0) is 31.5 Å². The molecule has 2 rings (SSSR count). The van der Waals surface area contributed by atoms with Gasteiger partial charge >= 0.3 is 0 Å². The van der Waals surface area contributed by atoms with E-state index in [1.807, 2.05) is 26.0 Å². The molecule has 0 aliphatic rings. The Hall–Kier alpha value is -2.04. The molecule has 0 saturated carbocycles. The van der Waals surface area contributed by atoms with Crippen molar-refractivity contribution in [2.45, 2.75) is 13.8 Å². The van der Waals surface area contributed by atoms with Gasteiger partial charge in [-0.3, -0.25) is 4.98 Å². The molecule has 0 atom stereocenters. The van der Waals surface area contributed by atoms with E-state index < -0.39 is 0 Å². The summed E-state index contributed by atoms with van der Waals surface area (Å²) in [7, 11) is 0. The minimum absolute atomic E-state index is 0.776. The number of hydrogen-bond acceptors (Lipinski definition) is 4. The smallest absolute Gasteiger partial charge is 0.151 e. The van der Waals surface area contributed by atoms with E-state index in [0.717, 1.165) is 17.2 Å². The second-order valence-electron chi connectivity index (χ2n) is 3.13. The predicted molar refractivity (Wildman–Crippen MR) is 56.7 cm³/mol. The van der Waals surface area contributed by atoms with Crippen LogP contribution >= 0.6 is 0 Å². The van der Waals surface area contributed by atoms with Crippen molar-refractivity contribution in [2.24, 2.45) is 5.10 Å². The van der Waals surface area contributed by atoms with Gasteiger partial charge in [0, 0.05) is 12.4 Å². The molecule has 15 heavy (non-hydrogen) atoms. The van der Waals surface area contributed by atoms with E-state index in [1.165, 1.54) is 0 Å². The van der Waals surface area contributed by atoms with Crippen molar-refractivity contribution in [2.75, 3.05) is 0 Å². The van der Waals surface area contributed by atoms with Crippen molar-refractivity contribution in [3.63, 3.8) is 0 Å². The Morgan fingerprint density at radius 3 is 2.33 bits per heavy atom. The molecule has 0 fully saturated rings. The lowest BCUT2D eigenvalue weighted by Crippen LogP contribution is -1.96. The Labute approximate surface area is 87.5 Å². The average Bonchev–Trinajstić information content (AvgIpc) is 2.58. The summed E-state index contributed by atoms with van der Waals surface area (Å²) in [6.45, 7) is 3.73. The van der Waals surface area contributed by atoms with Gasteiger partial charge in [0.05, 0.1) is 6.21 Å². The van der Waals surface area contributed by atoms with E-state index in [0.29, 0.717) is 0 Å². The van der Waals surface area contributed by atoms with Gasteiger partial charge in [-0.15, -0.1) is 10.2 Å². The van der Waals surface area contributed by atoms with Crippen LogP contribution in [0.25, 0.3) is 0 Å².